The number of ether oxygens (including phenoxy) is 1. The topological polar surface area (TPSA) is 97.0 Å². The molecular weight excluding hydrogens is 518 g/mol. The third-order valence-corrected chi connectivity index (χ3v) is 7.86. The minimum absolute atomic E-state index is 0.00325. The lowest BCUT2D eigenvalue weighted by atomic mass is 10.1. The zero-order valence-electron chi connectivity index (χ0n) is 24.4. The number of carbonyl (C=O) groups excluding carboxylic acids is 1. The minimum atomic E-state index is -0.0485. The molecule has 0 atom stereocenters. The molecule has 0 spiro atoms. The largest absolute Gasteiger partial charge is 0.497 e. The molecule has 10 nitrogen and oxygen atoms in total. The molecule has 0 saturated carbocycles. The number of rotatable bonds is 12. The van der Waals surface area contributed by atoms with E-state index < -0.39 is 0 Å². The van der Waals surface area contributed by atoms with Crippen LogP contribution in [0.15, 0.2) is 53.3 Å². The van der Waals surface area contributed by atoms with Crippen molar-refractivity contribution in [3.05, 3.63) is 64.7 Å². The van der Waals surface area contributed by atoms with Crippen LogP contribution in [0.25, 0.3) is 16.7 Å². The molecule has 0 radical (unpaired) electrons. The number of anilines is 1. The van der Waals surface area contributed by atoms with Crippen LogP contribution in [0.1, 0.15) is 38.9 Å². The fraction of sp³-hybridized carbons (Fsp3) is 0.484. The summed E-state index contributed by atoms with van der Waals surface area (Å²) < 4.78 is 8.92. The molecule has 10 heteroatoms. The molecule has 4 aromatic rings. The maximum atomic E-state index is 13.2. The second kappa shape index (κ2) is 13.2. The number of nitrogens with zero attached hydrogens (tertiary/aromatic N) is 6. The molecular formula is C31H41N7O3. The Hall–Kier alpha value is -3.92. The maximum Gasteiger partial charge on any atom is 0.262 e. The van der Waals surface area contributed by atoms with E-state index in [1.807, 2.05) is 40.8 Å². The summed E-state index contributed by atoms with van der Waals surface area (Å²) in [6.07, 6.45) is 2.55. The molecule has 5 rings (SSSR count). The second-order valence-corrected chi connectivity index (χ2v) is 11.1. The van der Waals surface area contributed by atoms with Crippen LogP contribution in [0.4, 0.5) is 5.69 Å². The lowest BCUT2D eigenvalue weighted by Crippen LogP contribution is -2.47. The third-order valence-electron chi connectivity index (χ3n) is 7.86. The number of nitrogens with one attached hydrogen (secondary N) is 1. The van der Waals surface area contributed by atoms with Gasteiger partial charge in [0.2, 0.25) is 11.7 Å². The van der Waals surface area contributed by atoms with Crippen molar-refractivity contribution in [1.82, 2.24) is 29.4 Å². The molecule has 2 aromatic heterocycles. The lowest BCUT2D eigenvalue weighted by Gasteiger charge is -2.36. The molecule has 0 unspecified atom stereocenters. The van der Waals surface area contributed by atoms with E-state index in [4.69, 9.17) is 4.74 Å². The first-order valence-electron chi connectivity index (χ1n) is 14.7. The fourth-order valence-corrected chi connectivity index (χ4v) is 5.43. The third kappa shape index (κ3) is 6.70. The van der Waals surface area contributed by atoms with E-state index in [1.165, 1.54) is 5.69 Å². The summed E-state index contributed by atoms with van der Waals surface area (Å²) in [6.45, 7) is 10.5. The number of hydrogen-bond donors (Lipinski definition) is 1. The Bertz CT molecular complexity index is 1520. The van der Waals surface area contributed by atoms with Crippen LogP contribution in [0.3, 0.4) is 0 Å². The first kappa shape index (κ1) is 28.6. The highest BCUT2D eigenvalue weighted by atomic mass is 16.5. The van der Waals surface area contributed by atoms with Crippen molar-refractivity contribution in [3.63, 3.8) is 0 Å². The van der Waals surface area contributed by atoms with Crippen LogP contribution in [0, 0.1) is 5.92 Å². The van der Waals surface area contributed by atoms with Crippen molar-refractivity contribution in [3.8, 4) is 5.75 Å². The van der Waals surface area contributed by atoms with E-state index in [-0.39, 0.29) is 11.5 Å². The molecule has 1 aliphatic rings. The first-order chi connectivity index (χ1) is 19.9. The summed E-state index contributed by atoms with van der Waals surface area (Å²) in [4.78, 5) is 30.7. The van der Waals surface area contributed by atoms with Gasteiger partial charge in [-0.2, -0.15) is 0 Å². The monoisotopic (exact) mass is 559 g/mol. The summed E-state index contributed by atoms with van der Waals surface area (Å²) in [6, 6.07) is 15.8. The van der Waals surface area contributed by atoms with E-state index in [1.54, 1.807) is 11.7 Å². The van der Waals surface area contributed by atoms with Crippen molar-refractivity contribution in [2.45, 2.75) is 46.1 Å². The quantitative estimate of drug-likeness (QED) is 0.266. The second-order valence-electron chi connectivity index (χ2n) is 11.1. The standard InChI is InChI=1S/C31H41N7O3/c1-23(2)15-18-37-30(40)26-7-4-5-8-27(26)38-28(33-34-31(37)38)13-14-29(39)32-16-6-17-35-19-21-36(22-20-35)24-9-11-25(41-3)12-10-24/h4-5,7-12,23H,6,13-22H2,1-3H3,(H,32,39). The Balaban J connectivity index is 1.11. The van der Waals surface area contributed by atoms with Gasteiger partial charge >= 0.3 is 0 Å². The molecule has 0 aliphatic carbocycles. The molecule has 41 heavy (non-hydrogen) atoms. The van der Waals surface area contributed by atoms with Crippen molar-refractivity contribution in [2.75, 3.05) is 51.3 Å². The van der Waals surface area contributed by atoms with Gasteiger partial charge in [-0.25, -0.2) is 0 Å². The summed E-state index contributed by atoms with van der Waals surface area (Å²) in [5.74, 6) is 2.57. The maximum absolute atomic E-state index is 13.2. The molecule has 1 saturated heterocycles. The number of amides is 1. The molecule has 1 N–H and O–H groups in total. The van der Waals surface area contributed by atoms with Gasteiger partial charge in [0.1, 0.15) is 11.6 Å². The number of carbonyl (C=O) groups is 1. The highest BCUT2D eigenvalue weighted by Gasteiger charge is 2.19. The van der Waals surface area contributed by atoms with Gasteiger partial charge in [0.25, 0.3) is 5.56 Å². The molecule has 0 bridgehead atoms. The normalized spacial score (nSPS) is 14.3. The number of methoxy groups -OCH3 is 1. The Labute approximate surface area is 240 Å². The van der Waals surface area contributed by atoms with Crippen LogP contribution in [-0.4, -0.2) is 76.4 Å². The summed E-state index contributed by atoms with van der Waals surface area (Å²) in [5.41, 5.74) is 1.96. The van der Waals surface area contributed by atoms with Crippen molar-refractivity contribution < 1.29 is 9.53 Å². The van der Waals surface area contributed by atoms with Crippen LogP contribution in [0.2, 0.25) is 0 Å². The molecule has 1 amide bonds. The van der Waals surface area contributed by atoms with E-state index in [2.05, 4.69) is 51.3 Å². The van der Waals surface area contributed by atoms with E-state index in [0.29, 0.717) is 48.8 Å². The Kier molecular flexibility index (Phi) is 9.18. The number of aryl methyl sites for hydroxylation is 2. The smallest absolute Gasteiger partial charge is 0.262 e. The van der Waals surface area contributed by atoms with Crippen LogP contribution in [-0.2, 0) is 17.8 Å². The van der Waals surface area contributed by atoms with Gasteiger partial charge in [-0.15, -0.1) is 10.2 Å². The number of aromatic nitrogens is 4. The van der Waals surface area contributed by atoms with Gasteiger partial charge in [0.15, 0.2) is 0 Å². The summed E-state index contributed by atoms with van der Waals surface area (Å²) in [7, 11) is 1.69. The first-order valence-corrected chi connectivity index (χ1v) is 14.7. The van der Waals surface area contributed by atoms with E-state index in [9.17, 15) is 9.59 Å². The highest BCUT2D eigenvalue weighted by Crippen LogP contribution is 2.21. The van der Waals surface area contributed by atoms with Gasteiger partial charge in [-0.3, -0.25) is 23.5 Å². The van der Waals surface area contributed by atoms with Crippen LogP contribution < -0.4 is 20.5 Å². The fourth-order valence-electron chi connectivity index (χ4n) is 5.43. The molecule has 1 aliphatic heterocycles. The number of piperazine rings is 1. The van der Waals surface area contributed by atoms with E-state index in [0.717, 1.165) is 56.8 Å². The average molecular weight is 560 g/mol. The summed E-state index contributed by atoms with van der Waals surface area (Å²) >= 11 is 0. The lowest BCUT2D eigenvalue weighted by molar-refractivity contribution is -0.121. The minimum Gasteiger partial charge on any atom is -0.497 e. The Morgan fingerprint density at radius 3 is 2.49 bits per heavy atom. The van der Waals surface area contributed by atoms with Crippen molar-refractivity contribution in [2.24, 2.45) is 5.92 Å². The highest BCUT2D eigenvalue weighted by molar-refractivity contribution is 5.80. The van der Waals surface area contributed by atoms with E-state index >= 15 is 0 Å². The Morgan fingerprint density at radius 2 is 1.76 bits per heavy atom. The van der Waals surface area contributed by atoms with Crippen LogP contribution in [0.5, 0.6) is 5.75 Å². The molecule has 3 heterocycles. The average Bonchev–Trinajstić information content (AvgIpc) is 3.42. The number of fused-ring (bicyclic) bond motifs is 3. The van der Waals surface area contributed by atoms with Gasteiger partial charge in [-0.1, -0.05) is 26.0 Å². The molecule has 2 aromatic carbocycles. The molecule has 1 fully saturated rings. The predicted molar refractivity (Wildman–Crippen MR) is 162 cm³/mol. The van der Waals surface area contributed by atoms with Gasteiger partial charge in [0, 0.05) is 57.8 Å². The van der Waals surface area contributed by atoms with Crippen molar-refractivity contribution in [1.29, 1.82) is 0 Å². The number of para-hydroxylation sites is 1. The molecule has 218 valence electrons. The Morgan fingerprint density at radius 1 is 1.00 bits per heavy atom. The zero-order valence-corrected chi connectivity index (χ0v) is 24.4. The SMILES string of the molecule is COc1ccc(N2CCN(CCCNC(=O)CCc3nnc4n(CCC(C)C)c(=O)c5ccccc5n34)CC2)cc1. The van der Waals surface area contributed by atoms with Crippen molar-refractivity contribution >= 4 is 28.3 Å². The van der Waals surface area contributed by atoms with Crippen LogP contribution >= 0.6 is 0 Å². The number of benzene rings is 2. The zero-order chi connectivity index (χ0) is 28.8. The summed E-state index contributed by atoms with van der Waals surface area (Å²) in [5, 5.41) is 12.5. The number of hydrogen-bond acceptors (Lipinski definition) is 7. The van der Waals surface area contributed by atoms with Gasteiger partial charge < -0.3 is 15.0 Å². The predicted octanol–water partition coefficient (Wildman–Crippen LogP) is 3.36. The van der Waals surface area contributed by atoms with Gasteiger partial charge in [-0.05, 0) is 61.7 Å². The van der Waals surface area contributed by atoms with Gasteiger partial charge in [0.05, 0.1) is 18.0 Å².